The fourth-order valence-corrected chi connectivity index (χ4v) is 3.24. The summed E-state index contributed by atoms with van der Waals surface area (Å²) in [6, 6.07) is 13.4. The summed E-state index contributed by atoms with van der Waals surface area (Å²) >= 11 is 0. The number of amides is 2. The van der Waals surface area contributed by atoms with E-state index in [9.17, 15) is 9.59 Å². The minimum absolute atomic E-state index is 0.149. The maximum atomic E-state index is 12.3. The number of fused-ring (bicyclic) bond motifs is 1. The molecule has 1 aromatic heterocycles. The first-order valence-electron chi connectivity index (χ1n) is 9.52. The fraction of sp³-hybridized carbons (Fsp3) is 0.261. The van der Waals surface area contributed by atoms with Gasteiger partial charge in [0.05, 0.1) is 19.3 Å². The summed E-state index contributed by atoms with van der Waals surface area (Å²) in [5.41, 5.74) is 3.21. The quantitative estimate of drug-likeness (QED) is 0.648. The number of ether oxygens (including phenoxy) is 1. The molecule has 3 aromatic rings. The number of rotatable bonds is 7. The van der Waals surface area contributed by atoms with Crippen LogP contribution in [0.5, 0.6) is 5.75 Å². The third kappa shape index (κ3) is 4.90. The monoisotopic (exact) mass is 391 g/mol. The Morgan fingerprint density at radius 2 is 1.79 bits per heavy atom. The van der Waals surface area contributed by atoms with Crippen LogP contribution >= 0.6 is 0 Å². The third-order valence-corrected chi connectivity index (χ3v) is 4.85. The summed E-state index contributed by atoms with van der Waals surface area (Å²) in [6.07, 6.45) is 1.93. The van der Waals surface area contributed by atoms with E-state index in [1.54, 1.807) is 19.4 Å². The molecule has 1 heterocycles. The molecule has 0 saturated carbocycles. The van der Waals surface area contributed by atoms with E-state index in [0.29, 0.717) is 12.1 Å². The Hall–Kier alpha value is -3.41. The van der Waals surface area contributed by atoms with E-state index in [-0.39, 0.29) is 24.8 Å². The van der Waals surface area contributed by atoms with Crippen molar-refractivity contribution in [3.05, 3.63) is 71.0 Å². The summed E-state index contributed by atoms with van der Waals surface area (Å²) in [5, 5.41) is 7.73. The molecule has 0 aliphatic rings. The molecule has 0 fully saturated rings. The zero-order chi connectivity index (χ0) is 20.8. The Labute approximate surface area is 170 Å². The lowest BCUT2D eigenvalue weighted by Crippen LogP contribution is -2.30. The van der Waals surface area contributed by atoms with Gasteiger partial charge in [-0.25, -0.2) is 0 Å². The van der Waals surface area contributed by atoms with Crippen molar-refractivity contribution in [2.75, 3.05) is 13.7 Å². The molecule has 0 bridgehead atoms. The molecule has 0 radical (unpaired) electrons. The second-order valence-electron chi connectivity index (χ2n) is 6.89. The highest BCUT2D eigenvalue weighted by Crippen LogP contribution is 2.23. The standard InChI is InChI=1S/C23H25N3O3/c1-15-13-25-20(16(2)22(15)29-3)14-26-21(27)10-11-24-23(28)19-9-8-17-6-4-5-7-18(17)12-19/h4-9,12-13H,10-11,14H2,1-3H3,(H,24,28)(H,26,27). The van der Waals surface area contributed by atoms with Crippen LogP contribution in [0.4, 0.5) is 0 Å². The van der Waals surface area contributed by atoms with Gasteiger partial charge in [-0.1, -0.05) is 30.3 Å². The van der Waals surface area contributed by atoms with Crippen molar-refractivity contribution >= 4 is 22.6 Å². The molecule has 0 aliphatic carbocycles. The Balaban J connectivity index is 1.49. The molecule has 0 atom stereocenters. The summed E-state index contributed by atoms with van der Waals surface area (Å²) in [6.45, 7) is 4.44. The minimum Gasteiger partial charge on any atom is -0.496 e. The molecular weight excluding hydrogens is 366 g/mol. The second-order valence-corrected chi connectivity index (χ2v) is 6.89. The number of carbonyl (C=O) groups excluding carboxylic acids is 2. The predicted molar refractivity (Wildman–Crippen MR) is 113 cm³/mol. The zero-order valence-corrected chi connectivity index (χ0v) is 16.9. The Kier molecular flexibility index (Phi) is 6.44. The van der Waals surface area contributed by atoms with Gasteiger partial charge in [-0.15, -0.1) is 0 Å². The minimum atomic E-state index is -0.190. The molecule has 29 heavy (non-hydrogen) atoms. The average Bonchev–Trinajstić information content (AvgIpc) is 2.73. The van der Waals surface area contributed by atoms with Crippen LogP contribution < -0.4 is 15.4 Å². The van der Waals surface area contributed by atoms with Gasteiger partial charge in [0.1, 0.15) is 5.75 Å². The first kappa shape index (κ1) is 20.3. The number of benzene rings is 2. The maximum absolute atomic E-state index is 12.3. The smallest absolute Gasteiger partial charge is 0.251 e. The Morgan fingerprint density at radius 1 is 1.03 bits per heavy atom. The topological polar surface area (TPSA) is 80.3 Å². The van der Waals surface area contributed by atoms with Crippen molar-refractivity contribution in [2.45, 2.75) is 26.8 Å². The molecule has 2 amide bonds. The lowest BCUT2D eigenvalue weighted by Gasteiger charge is -2.13. The number of hydrogen-bond donors (Lipinski definition) is 2. The molecular formula is C23H25N3O3. The summed E-state index contributed by atoms with van der Waals surface area (Å²) in [4.78, 5) is 28.8. The van der Waals surface area contributed by atoms with Gasteiger partial charge in [0.25, 0.3) is 5.91 Å². The van der Waals surface area contributed by atoms with Crippen LogP contribution in [0.2, 0.25) is 0 Å². The van der Waals surface area contributed by atoms with E-state index < -0.39 is 0 Å². The second kappa shape index (κ2) is 9.19. The van der Waals surface area contributed by atoms with E-state index in [1.165, 1.54) is 0 Å². The first-order valence-corrected chi connectivity index (χ1v) is 9.52. The van der Waals surface area contributed by atoms with E-state index in [4.69, 9.17) is 4.74 Å². The van der Waals surface area contributed by atoms with Gasteiger partial charge in [-0.2, -0.15) is 0 Å². The van der Waals surface area contributed by atoms with Gasteiger partial charge < -0.3 is 15.4 Å². The van der Waals surface area contributed by atoms with Crippen molar-refractivity contribution < 1.29 is 14.3 Å². The normalized spacial score (nSPS) is 10.6. The number of pyridine rings is 1. The molecule has 3 rings (SSSR count). The van der Waals surface area contributed by atoms with Crippen molar-refractivity contribution in [1.29, 1.82) is 0 Å². The number of nitrogens with one attached hydrogen (secondary N) is 2. The van der Waals surface area contributed by atoms with Crippen LogP contribution in [-0.2, 0) is 11.3 Å². The van der Waals surface area contributed by atoms with Gasteiger partial charge in [0, 0.05) is 35.9 Å². The largest absolute Gasteiger partial charge is 0.496 e. The molecule has 0 aliphatic heterocycles. The van der Waals surface area contributed by atoms with Crippen molar-refractivity contribution in [2.24, 2.45) is 0 Å². The summed E-state index contributed by atoms with van der Waals surface area (Å²) < 4.78 is 5.38. The number of nitrogens with zero attached hydrogens (tertiary/aromatic N) is 1. The van der Waals surface area contributed by atoms with Crippen LogP contribution in [0.1, 0.15) is 33.6 Å². The molecule has 2 aromatic carbocycles. The number of aromatic nitrogens is 1. The predicted octanol–water partition coefficient (Wildman–Crippen LogP) is 3.30. The molecule has 150 valence electrons. The highest BCUT2D eigenvalue weighted by Gasteiger charge is 2.11. The molecule has 0 spiro atoms. The van der Waals surface area contributed by atoms with E-state index in [1.807, 2.05) is 50.2 Å². The van der Waals surface area contributed by atoms with Crippen LogP contribution in [0.3, 0.4) is 0 Å². The summed E-state index contributed by atoms with van der Waals surface area (Å²) in [5.74, 6) is 0.445. The number of aryl methyl sites for hydroxylation is 1. The highest BCUT2D eigenvalue weighted by atomic mass is 16.5. The molecule has 6 heteroatoms. The van der Waals surface area contributed by atoms with Gasteiger partial charge in [0.2, 0.25) is 5.91 Å². The van der Waals surface area contributed by atoms with E-state index in [0.717, 1.165) is 33.3 Å². The maximum Gasteiger partial charge on any atom is 0.251 e. The van der Waals surface area contributed by atoms with Gasteiger partial charge in [-0.3, -0.25) is 14.6 Å². The van der Waals surface area contributed by atoms with Crippen molar-refractivity contribution in [3.63, 3.8) is 0 Å². The fourth-order valence-electron chi connectivity index (χ4n) is 3.24. The van der Waals surface area contributed by atoms with E-state index in [2.05, 4.69) is 15.6 Å². The van der Waals surface area contributed by atoms with Gasteiger partial charge in [0.15, 0.2) is 0 Å². The molecule has 2 N–H and O–H groups in total. The van der Waals surface area contributed by atoms with Gasteiger partial charge >= 0.3 is 0 Å². The summed E-state index contributed by atoms with van der Waals surface area (Å²) in [7, 11) is 1.62. The Morgan fingerprint density at radius 3 is 2.55 bits per heavy atom. The van der Waals surface area contributed by atoms with Crippen LogP contribution in [0.25, 0.3) is 10.8 Å². The van der Waals surface area contributed by atoms with Crippen LogP contribution in [0.15, 0.2) is 48.7 Å². The van der Waals surface area contributed by atoms with Crippen molar-refractivity contribution in [3.8, 4) is 5.75 Å². The van der Waals surface area contributed by atoms with E-state index >= 15 is 0 Å². The van der Waals surface area contributed by atoms with Gasteiger partial charge in [-0.05, 0) is 36.8 Å². The van der Waals surface area contributed by atoms with Crippen LogP contribution in [0, 0.1) is 13.8 Å². The van der Waals surface area contributed by atoms with Crippen molar-refractivity contribution in [1.82, 2.24) is 15.6 Å². The SMILES string of the molecule is COc1c(C)cnc(CNC(=O)CCNC(=O)c2ccc3ccccc3c2)c1C. The lowest BCUT2D eigenvalue weighted by molar-refractivity contribution is -0.121. The average molecular weight is 391 g/mol. The third-order valence-electron chi connectivity index (χ3n) is 4.85. The molecule has 0 unspecified atom stereocenters. The van der Waals surface area contributed by atoms with Crippen LogP contribution in [-0.4, -0.2) is 30.5 Å². The first-order chi connectivity index (χ1) is 14.0. The Bertz CT molecular complexity index is 1050. The molecule has 0 saturated heterocycles. The number of methoxy groups -OCH3 is 1. The number of hydrogen-bond acceptors (Lipinski definition) is 4. The zero-order valence-electron chi connectivity index (χ0n) is 16.9. The molecule has 6 nitrogen and oxygen atoms in total. The number of carbonyl (C=O) groups is 2. The lowest BCUT2D eigenvalue weighted by atomic mass is 10.1. The highest BCUT2D eigenvalue weighted by molar-refractivity contribution is 5.98.